The van der Waals surface area contributed by atoms with Gasteiger partial charge in [0.25, 0.3) is 0 Å². The third kappa shape index (κ3) is 2.22. The molecule has 15 heavy (non-hydrogen) atoms. The largest absolute Gasteiger partial charge is 0.384 e. The fourth-order valence-corrected chi connectivity index (χ4v) is 1.57. The molecule has 76 valence electrons. The Hall–Kier alpha value is -1.25. The number of nitrogens with two attached hydrogens (primary N) is 1. The maximum absolute atomic E-state index is 5.91. The van der Waals surface area contributed by atoms with Crippen molar-refractivity contribution in [1.29, 1.82) is 0 Å². The summed E-state index contributed by atoms with van der Waals surface area (Å²) in [6.45, 7) is 0. The van der Waals surface area contributed by atoms with E-state index in [9.17, 15) is 0 Å². The number of rotatable bonds is 1. The molecule has 0 unspecified atom stereocenters. The Morgan fingerprint density at radius 1 is 1.00 bits per heavy atom. The molecule has 0 saturated carbocycles. The molecular formula is C11H8Cl2N2. The lowest BCUT2D eigenvalue weighted by Crippen LogP contribution is -1.91. The van der Waals surface area contributed by atoms with Crippen molar-refractivity contribution in [2.75, 3.05) is 5.73 Å². The smallest absolute Gasteiger partial charge is 0.124 e. The molecule has 1 heterocycles. The highest BCUT2D eigenvalue weighted by Gasteiger charge is 2.03. The number of nitrogens with zero attached hydrogens (tertiary/aromatic N) is 1. The van der Waals surface area contributed by atoms with Crippen LogP contribution in [0, 0.1) is 0 Å². The summed E-state index contributed by atoms with van der Waals surface area (Å²) >= 11 is 11.7. The van der Waals surface area contributed by atoms with Crippen LogP contribution in [0.3, 0.4) is 0 Å². The van der Waals surface area contributed by atoms with E-state index in [1.54, 1.807) is 18.2 Å². The van der Waals surface area contributed by atoms with Crippen molar-refractivity contribution in [3.63, 3.8) is 0 Å². The molecule has 0 bridgehead atoms. The van der Waals surface area contributed by atoms with Gasteiger partial charge in [0.2, 0.25) is 0 Å². The molecule has 0 saturated heterocycles. The summed E-state index contributed by atoms with van der Waals surface area (Å²) in [5.74, 6) is 0.485. The summed E-state index contributed by atoms with van der Waals surface area (Å²) in [4.78, 5) is 4.19. The molecule has 0 aliphatic carbocycles. The van der Waals surface area contributed by atoms with Crippen molar-refractivity contribution in [1.82, 2.24) is 4.98 Å². The summed E-state index contributed by atoms with van der Waals surface area (Å²) in [7, 11) is 0. The van der Waals surface area contributed by atoms with Gasteiger partial charge in [-0.05, 0) is 24.3 Å². The van der Waals surface area contributed by atoms with Gasteiger partial charge in [-0.25, -0.2) is 4.98 Å². The zero-order valence-electron chi connectivity index (χ0n) is 7.74. The van der Waals surface area contributed by atoms with E-state index in [4.69, 9.17) is 28.9 Å². The van der Waals surface area contributed by atoms with E-state index in [-0.39, 0.29) is 0 Å². The second-order valence-corrected chi connectivity index (χ2v) is 3.89. The highest BCUT2D eigenvalue weighted by atomic mass is 35.5. The topological polar surface area (TPSA) is 38.9 Å². The monoisotopic (exact) mass is 238 g/mol. The van der Waals surface area contributed by atoms with Crippen molar-refractivity contribution < 1.29 is 0 Å². The first-order valence-electron chi connectivity index (χ1n) is 4.35. The van der Waals surface area contributed by atoms with E-state index in [0.29, 0.717) is 15.9 Å². The summed E-state index contributed by atoms with van der Waals surface area (Å²) in [5, 5.41) is 1.04. The molecule has 0 aliphatic heterocycles. The number of halogens is 2. The van der Waals surface area contributed by atoms with Gasteiger partial charge >= 0.3 is 0 Å². The van der Waals surface area contributed by atoms with Crippen LogP contribution in [0.2, 0.25) is 10.0 Å². The van der Waals surface area contributed by atoms with Gasteiger partial charge in [-0.1, -0.05) is 35.3 Å². The van der Waals surface area contributed by atoms with E-state index in [2.05, 4.69) is 4.98 Å². The van der Waals surface area contributed by atoms with Crippen molar-refractivity contribution in [3.05, 3.63) is 46.4 Å². The first kappa shape index (κ1) is 10.3. The van der Waals surface area contributed by atoms with Crippen LogP contribution in [-0.4, -0.2) is 4.98 Å². The molecule has 0 fully saturated rings. The zero-order chi connectivity index (χ0) is 10.8. The average Bonchev–Trinajstić information content (AvgIpc) is 2.22. The molecule has 0 amide bonds. The molecule has 0 spiro atoms. The van der Waals surface area contributed by atoms with Crippen LogP contribution in [0.25, 0.3) is 11.3 Å². The average molecular weight is 239 g/mol. The zero-order valence-corrected chi connectivity index (χ0v) is 9.26. The second-order valence-electron chi connectivity index (χ2n) is 3.08. The molecule has 2 aromatic rings. The number of aromatic nitrogens is 1. The van der Waals surface area contributed by atoms with Crippen LogP contribution in [-0.2, 0) is 0 Å². The van der Waals surface area contributed by atoms with E-state index >= 15 is 0 Å². The Kier molecular flexibility index (Phi) is 2.80. The van der Waals surface area contributed by atoms with Crippen LogP contribution >= 0.6 is 23.2 Å². The lowest BCUT2D eigenvalue weighted by Gasteiger charge is -2.03. The highest BCUT2D eigenvalue weighted by molar-refractivity contribution is 6.42. The van der Waals surface area contributed by atoms with Crippen LogP contribution in [0.5, 0.6) is 0 Å². The minimum Gasteiger partial charge on any atom is -0.384 e. The fraction of sp³-hybridized carbons (Fsp3) is 0. The Morgan fingerprint density at radius 2 is 1.80 bits per heavy atom. The quantitative estimate of drug-likeness (QED) is 0.825. The predicted molar refractivity (Wildman–Crippen MR) is 64.1 cm³/mol. The van der Waals surface area contributed by atoms with E-state index in [0.717, 1.165) is 11.3 Å². The van der Waals surface area contributed by atoms with Crippen molar-refractivity contribution in [3.8, 4) is 11.3 Å². The SMILES string of the molecule is Nc1cccc(-c2ccc(Cl)c(Cl)c2)n1. The fourth-order valence-electron chi connectivity index (χ4n) is 1.27. The number of pyridine rings is 1. The van der Waals surface area contributed by atoms with Gasteiger partial charge in [-0.2, -0.15) is 0 Å². The molecule has 0 radical (unpaired) electrons. The minimum atomic E-state index is 0.485. The van der Waals surface area contributed by atoms with Crippen LogP contribution in [0.1, 0.15) is 0 Å². The van der Waals surface area contributed by atoms with Crippen LogP contribution < -0.4 is 5.73 Å². The Bertz CT molecular complexity index is 498. The Labute approximate surface area is 97.7 Å². The van der Waals surface area contributed by atoms with Gasteiger partial charge in [0.05, 0.1) is 15.7 Å². The molecule has 0 aliphatic rings. The number of hydrogen-bond acceptors (Lipinski definition) is 2. The minimum absolute atomic E-state index is 0.485. The molecule has 4 heteroatoms. The lowest BCUT2D eigenvalue weighted by molar-refractivity contribution is 1.33. The van der Waals surface area contributed by atoms with Gasteiger partial charge in [-0.3, -0.25) is 0 Å². The summed E-state index contributed by atoms with van der Waals surface area (Å²) in [6, 6.07) is 10.8. The molecule has 2 N–H and O–H groups in total. The predicted octanol–water partition coefficient (Wildman–Crippen LogP) is 3.64. The first-order chi connectivity index (χ1) is 7.16. The van der Waals surface area contributed by atoms with Crippen molar-refractivity contribution in [2.24, 2.45) is 0 Å². The molecule has 2 rings (SSSR count). The number of hydrogen-bond donors (Lipinski definition) is 1. The van der Waals surface area contributed by atoms with Crippen LogP contribution in [0.15, 0.2) is 36.4 Å². The van der Waals surface area contributed by atoms with Gasteiger partial charge in [0.1, 0.15) is 5.82 Å². The lowest BCUT2D eigenvalue weighted by atomic mass is 10.1. The number of anilines is 1. The van der Waals surface area contributed by atoms with E-state index < -0.39 is 0 Å². The first-order valence-corrected chi connectivity index (χ1v) is 5.10. The highest BCUT2D eigenvalue weighted by Crippen LogP contribution is 2.27. The third-order valence-corrected chi connectivity index (χ3v) is 2.73. The standard InChI is InChI=1S/C11H8Cl2N2/c12-8-5-4-7(6-9(8)13)10-2-1-3-11(14)15-10/h1-6H,(H2,14,15). The molecular weight excluding hydrogens is 231 g/mol. The van der Waals surface area contributed by atoms with E-state index in [1.807, 2.05) is 18.2 Å². The van der Waals surface area contributed by atoms with Crippen LogP contribution in [0.4, 0.5) is 5.82 Å². The molecule has 1 aromatic heterocycles. The maximum atomic E-state index is 5.91. The van der Waals surface area contributed by atoms with Gasteiger partial charge < -0.3 is 5.73 Å². The van der Waals surface area contributed by atoms with Crippen molar-refractivity contribution in [2.45, 2.75) is 0 Å². The van der Waals surface area contributed by atoms with E-state index in [1.165, 1.54) is 0 Å². The molecule has 2 nitrogen and oxygen atoms in total. The van der Waals surface area contributed by atoms with Crippen molar-refractivity contribution >= 4 is 29.0 Å². The normalized spacial score (nSPS) is 10.3. The molecule has 1 aromatic carbocycles. The number of nitrogen functional groups attached to an aromatic ring is 1. The van der Waals surface area contributed by atoms with Gasteiger partial charge in [0, 0.05) is 5.56 Å². The summed E-state index contributed by atoms with van der Waals surface area (Å²) < 4.78 is 0. The number of benzene rings is 1. The second kappa shape index (κ2) is 4.09. The molecule has 0 atom stereocenters. The van der Waals surface area contributed by atoms with Gasteiger partial charge in [-0.15, -0.1) is 0 Å². The van der Waals surface area contributed by atoms with Gasteiger partial charge in [0.15, 0.2) is 0 Å². The summed E-state index contributed by atoms with van der Waals surface area (Å²) in [6.07, 6.45) is 0. The third-order valence-electron chi connectivity index (χ3n) is 1.99. The Morgan fingerprint density at radius 3 is 2.47 bits per heavy atom. The summed E-state index contributed by atoms with van der Waals surface area (Å²) in [5.41, 5.74) is 7.28. The Balaban J connectivity index is 2.50. The maximum Gasteiger partial charge on any atom is 0.124 e.